The molecule has 1 N–H and O–H groups in total. The molecule has 0 bridgehead atoms. The molecule has 0 radical (unpaired) electrons. The van der Waals surface area contributed by atoms with E-state index >= 15 is 0 Å². The van der Waals surface area contributed by atoms with Gasteiger partial charge in [-0.3, -0.25) is 9.48 Å². The van der Waals surface area contributed by atoms with E-state index in [1.54, 1.807) is 15.8 Å². The second-order valence-corrected chi connectivity index (χ2v) is 5.85. The van der Waals surface area contributed by atoms with Gasteiger partial charge in [0.05, 0.1) is 5.60 Å². The maximum absolute atomic E-state index is 12.5. The number of amides is 1. The molecule has 1 aliphatic carbocycles. The quantitative estimate of drug-likeness (QED) is 0.866. The lowest BCUT2D eigenvalue weighted by molar-refractivity contribution is -0.134. The fraction of sp³-hybridized carbons (Fsp3) is 0.733. The van der Waals surface area contributed by atoms with Gasteiger partial charge in [-0.05, 0) is 31.7 Å². The van der Waals surface area contributed by atoms with Crippen LogP contribution in [0.2, 0.25) is 0 Å². The summed E-state index contributed by atoms with van der Waals surface area (Å²) in [7, 11) is 1.81. The third-order valence-electron chi connectivity index (χ3n) is 4.34. The average molecular weight is 279 g/mol. The van der Waals surface area contributed by atoms with E-state index in [9.17, 15) is 9.90 Å². The van der Waals surface area contributed by atoms with Crippen molar-refractivity contribution >= 4 is 5.91 Å². The van der Waals surface area contributed by atoms with Gasteiger partial charge < -0.3 is 10.0 Å². The minimum absolute atomic E-state index is 0.0674. The van der Waals surface area contributed by atoms with Gasteiger partial charge in [0.2, 0.25) is 5.91 Å². The Labute approximate surface area is 120 Å². The topological polar surface area (TPSA) is 58.4 Å². The first kappa shape index (κ1) is 15.0. The minimum atomic E-state index is -0.554. The SMILES string of the molecule is CC[C@@H](C(=O)N(C)CCC1(O)CCCC1)n1cccn1. The molecule has 1 aromatic heterocycles. The number of aromatic nitrogens is 2. The summed E-state index contributed by atoms with van der Waals surface area (Å²) in [5, 5.41) is 14.5. The molecule has 1 aliphatic rings. The van der Waals surface area contributed by atoms with E-state index in [1.165, 1.54) is 0 Å². The summed E-state index contributed by atoms with van der Waals surface area (Å²) in [5.41, 5.74) is -0.554. The van der Waals surface area contributed by atoms with E-state index in [0.29, 0.717) is 13.0 Å². The Balaban J connectivity index is 1.90. The van der Waals surface area contributed by atoms with Crippen LogP contribution in [0.3, 0.4) is 0 Å². The van der Waals surface area contributed by atoms with Gasteiger partial charge in [-0.1, -0.05) is 19.8 Å². The largest absolute Gasteiger partial charge is 0.390 e. The lowest BCUT2D eigenvalue weighted by atomic mass is 9.98. The second kappa shape index (κ2) is 6.39. The standard InChI is InChI=1S/C15H25N3O2/c1-3-13(18-11-6-10-16-18)14(19)17(2)12-9-15(20)7-4-5-8-15/h6,10-11,13,20H,3-5,7-9,12H2,1-2H3/t13-/m0/s1. The Morgan fingerprint density at radius 2 is 2.20 bits per heavy atom. The van der Waals surface area contributed by atoms with Gasteiger partial charge in [0, 0.05) is 26.0 Å². The molecule has 0 spiro atoms. The molecule has 112 valence electrons. The highest BCUT2D eigenvalue weighted by Gasteiger charge is 2.32. The molecule has 0 unspecified atom stereocenters. The highest BCUT2D eigenvalue weighted by molar-refractivity contribution is 5.80. The number of rotatable bonds is 6. The van der Waals surface area contributed by atoms with Crippen molar-refractivity contribution in [1.29, 1.82) is 0 Å². The third kappa shape index (κ3) is 3.39. The van der Waals surface area contributed by atoms with Crippen molar-refractivity contribution < 1.29 is 9.90 Å². The van der Waals surface area contributed by atoms with Gasteiger partial charge in [0.15, 0.2) is 0 Å². The first-order valence-electron chi connectivity index (χ1n) is 7.52. The van der Waals surface area contributed by atoms with Crippen molar-refractivity contribution in [2.24, 2.45) is 0 Å². The van der Waals surface area contributed by atoms with Crippen LogP contribution in [0.5, 0.6) is 0 Å². The van der Waals surface area contributed by atoms with E-state index in [1.807, 2.05) is 26.2 Å². The van der Waals surface area contributed by atoms with Crippen LogP contribution in [0.15, 0.2) is 18.5 Å². The number of hydrogen-bond acceptors (Lipinski definition) is 3. The zero-order valence-corrected chi connectivity index (χ0v) is 12.5. The Morgan fingerprint density at radius 3 is 2.75 bits per heavy atom. The molecular formula is C15H25N3O2. The van der Waals surface area contributed by atoms with Crippen molar-refractivity contribution in [2.75, 3.05) is 13.6 Å². The predicted molar refractivity (Wildman–Crippen MR) is 77.2 cm³/mol. The highest BCUT2D eigenvalue weighted by Crippen LogP contribution is 2.32. The number of likely N-dealkylation sites (N-methyl/N-ethyl adjacent to an activating group) is 1. The van der Waals surface area contributed by atoms with Gasteiger partial charge in [-0.2, -0.15) is 5.10 Å². The number of carbonyl (C=O) groups is 1. The van der Waals surface area contributed by atoms with Crippen LogP contribution in [0, 0.1) is 0 Å². The third-order valence-corrected chi connectivity index (χ3v) is 4.34. The van der Waals surface area contributed by atoms with Crippen LogP contribution in [-0.2, 0) is 4.79 Å². The van der Waals surface area contributed by atoms with Crippen LogP contribution >= 0.6 is 0 Å². The molecule has 5 heteroatoms. The van der Waals surface area contributed by atoms with Crippen LogP contribution in [-0.4, -0.2) is 44.9 Å². The summed E-state index contributed by atoms with van der Waals surface area (Å²) < 4.78 is 1.71. The molecule has 1 saturated carbocycles. The van der Waals surface area contributed by atoms with Crippen LogP contribution < -0.4 is 0 Å². The van der Waals surface area contributed by atoms with Crippen molar-refractivity contribution in [3.63, 3.8) is 0 Å². The van der Waals surface area contributed by atoms with Crippen molar-refractivity contribution in [3.05, 3.63) is 18.5 Å². The maximum Gasteiger partial charge on any atom is 0.247 e. The Morgan fingerprint density at radius 1 is 1.50 bits per heavy atom. The van der Waals surface area contributed by atoms with Gasteiger partial charge in [-0.25, -0.2) is 0 Å². The van der Waals surface area contributed by atoms with E-state index < -0.39 is 5.60 Å². The fourth-order valence-corrected chi connectivity index (χ4v) is 2.96. The van der Waals surface area contributed by atoms with Crippen LogP contribution in [0.4, 0.5) is 0 Å². The monoisotopic (exact) mass is 279 g/mol. The maximum atomic E-state index is 12.5. The molecule has 2 rings (SSSR count). The number of aliphatic hydroxyl groups is 1. The van der Waals surface area contributed by atoms with Gasteiger partial charge >= 0.3 is 0 Å². The molecule has 0 saturated heterocycles. The zero-order chi connectivity index (χ0) is 14.6. The highest BCUT2D eigenvalue weighted by atomic mass is 16.3. The second-order valence-electron chi connectivity index (χ2n) is 5.85. The first-order chi connectivity index (χ1) is 9.56. The molecule has 0 aromatic carbocycles. The molecule has 1 heterocycles. The average Bonchev–Trinajstić information content (AvgIpc) is 3.09. The van der Waals surface area contributed by atoms with Crippen molar-refractivity contribution in [3.8, 4) is 0 Å². The normalized spacial score (nSPS) is 18.9. The predicted octanol–water partition coefficient (Wildman–Crippen LogP) is 1.99. The number of hydrogen-bond donors (Lipinski definition) is 1. The lowest BCUT2D eigenvalue weighted by Gasteiger charge is -2.28. The van der Waals surface area contributed by atoms with Crippen LogP contribution in [0.25, 0.3) is 0 Å². The molecule has 20 heavy (non-hydrogen) atoms. The summed E-state index contributed by atoms with van der Waals surface area (Å²) in [6.45, 7) is 2.59. The number of nitrogens with zero attached hydrogens (tertiary/aromatic N) is 3. The molecule has 1 aromatic rings. The molecule has 1 fully saturated rings. The molecular weight excluding hydrogens is 254 g/mol. The van der Waals surface area contributed by atoms with E-state index in [-0.39, 0.29) is 11.9 Å². The smallest absolute Gasteiger partial charge is 0.247 e. The first-order valence-corrected chi connectivity index (χ1v) is 7.52. The summed E-state index contributed by atoms with van der Waals surface area (Å²) in [5.74, 6) is 0.0674. The van der Waals surface area contributed by atoms with Gasteiger partial charge in [0.1, 0.15) is 6.04 Å². The van der Waals surface area contributed by atoms with Crippen molar-refractivity contribution in [2.45, 2.75) is 57.1 Å². The molecule has 1 amide bonds. The van der Waals surface area contributed by atoms with Gasteiger partial charge in [0.25, 0.3) is 0 Å². The summed E-state index contributed by atoms with van der Waals surface area (Å²) >= 11 is 0. The zero-order valence-electron chi connectivity index (χ0n) is 12.5. The fourth-order valence-electron chi connectivity index (χ4n) is 2.96. The lowest BCUT2D eigenvalue weighted by Crippen LogP contribution is -2.38. The number of carbonyl (C=O) groups excluding carboxylic acids is 1. The van der Waals surface area contributed by atoms with E-state index in [2.05, 4.69) is 5.10 Å². The Bertz CT molecular complexity index is 424. The Hall–Kier alpha value is -1.36. The van der Waals surface area contributed by atoms with Crippen LogP contribution in [0.1, 0.15) is 51.5 Å². The summed E-state index contributed by atoms with van der Waals surface area (Å²) in [6, 6.07) is 1.59. The molecule has 0 aliphatic heterocycles. The van der Waals surface area contributed by atoms with E-state index in [0.717, 1.165) is 32.1 Å². The summed E-state index contributed by atoms with van der Waals surface area (Å²) in [4.78, 5) is 14.2. The minimum Gasteiger partial charge on any atom is -0.390 e. The Kier molecular flexibility index (Phi) is 4.81. The van der Waals surface area contributed by atoms with E-state index in [4.69, 9.17) is 0 Å². The molecule has 5 nitrogen and oxygen atoms in total. The summed E-state index contributed by atoms with van der Waals surface area (Å²) in [6.07, 6.45) is 8.83. The van der Waals surface area contributed by atoms with Crippen molar-refractivity contribution in [1.82, 2.24) is 14.7 Å². The van der Waals surface area contributed by atoms with Gasteiger partial charge in [-0.15, -0.1) is 0 Å². The molecule has 1 atom stereocenters.